The van der Waals surface area contributed by atoms with E-state index in [0.717, 1.165) is 51.4 Å². The van der Waals surface area contributed by atoms with Gasteiger partial charge in [0.15, 0.2) is 0 Å². The van der Waals surface area contributed by atoms with E-state index < -0.39 is 0 Å². The second kappa shape index (κ2) is 7.75. The van der Waals surface area contributed by atoms with Crippen molar-refractivity contribution in [2.24, 2.45) is 11.5 Å². The van der Waals surface area contributed by atoms with Gasteiger partial charge in [0.1, 0.15) is 6.42 Å². The third-order valence-electron chi connectivity index (χ3n) is 4.65. The first-order valence-corrected chi connectivity index (χ1v) is 8.16. The number of hydrogen-bond acceptors (Lipinski definition) is 4. The van der Waals surface area contributed by atoms with Crippen LogP contribution < -0.4 is 22.1 Å². The zero-order valence-corrected chi connectivity index (χ0v) is 12.6. The zero-order chi connectivity index (χ0) is 15.2. The quantitative estimate of drug-likeness (QED) is 0.553. The molecule has 0 radical (unpaired) electrons. The summed E-state index contributed by atoms with van der Waals surface area (Å²) in [6, 6.07) is 0.0435. The molecule has 0 aromatic rings. The van der Waals surface area contributed by atoms with Gasteiger partial charge in [0.2, 0.25) is 11.8 Å². The Kier molecular flexibility index (Phi) is 5.99. The number of hydrogen-bond donors (Lipinski definition) is 4. The number of rotatable bonds is 4. The molecule has 0 aromatic heterocycles. The summed E-state index contributed by atoms with van der Waals surface area (Å²) in [5.74, 6) is -0.474. The maximum absolute atomic E-state index is 11.9. The molecule has 6 heteroatoms. The first-order chi connectivity index (χ1) is 10.1. The van der Waals surface area contributed by atoms with Gasteiger partial charge in [0, 0.05) is 24.2 Å². The maximum atomic E-state index is 11.9. The van der Waals surface area contributed by atoms with Crippen LogP contribution in [0.1, 0.15) is 57.8 Å². The molecule has 2 aliphatic rings. The zero-order valence-electron chi connectivity index (χ0n) is 12.6. The average molecular weight is 296 g/mol. The Hall–Kier alpha value is -1.14. The summed E-state index contributed by atoms with van der Waals surface area (Å²) < 4.78 is 0. The predicted octanol–water partition coefficient (Wildman–Crippen LogP) is 0.149. The molecular weight excluding hydrogens is 268 g/mol. The van der Waals surface area contributed by atoms with Gasteiger partial charge in [-0.2, -0.15) is 0 Å². The number of carbonyl (C=O) groups is 2. The molecule has 0 saturated heterocycles. The molecule has 21 heavy (non-hydrogen) atoms. The first kappa shape index (κ1) is 16.2. The van der Waals surface area contributed by atoms with Crippen LogP contribution in [0.5, 0.6) is 0 Å². The highest BCUT2D eigenvalue weighted by molar-refractivity contribution is 5.97. The summed E-state index contributed by atoms with van der Waals surface area (Å²) in [5, 5.41) is 5.78. The predicted molar refractivity (Wildman–Crippen MR) is 81.4 cm³/mol. The van der Waals surface area contributed by atoms with Crippen molar-refractivity contribution in [3.8, 4) is 0 Å². The van der Waals surface area contributed by atoms with Crippen molar-refractivity contribution in [2.45, 2.75) is 82.0 Å². The van der Waals surface area contributed by atoms with Gasteiger partial charge in [-0.1, -0.05) is 25.7 Å². The molecular formula is C15H28N4O2. The van der Waals surface area contributed by atoms with Crippen molar-refractivity contribution in [1.82, 2.24) is 10.6 Å². The van der Waals surface area contributed by atoms with E-state index in [1.807, 2.05) is 0 Å². The lowest BCUT2D eigenvalue weighted by molar-refractivity contribution is -0.130. The van der Waals surface area contributed by atoms with Gasteiger partial charge in [-0.25, -0.2) is 0 Å². The molecule has 4 atom stereocenters. The molecule has 0 aliphatic heterocycles. The molecule has 2 aliphatic carbocycles. The number of amides is 2. The van der Waals surface area contributed by atoms with Crippen molar-refractivity contribution in [2.75, 3.05) is 0 Å². The Morgan fingerprint density at radius 1 is 0.762 bits per heavy atom. The van der Waals surface area contributed by atoms with Gasteiger partial charge in [-0.15, -0.1) is 0 Å². The summed E-state index contributed by atoms with van der Waals surface area (Å²) in [5.41, 5.74) is 12.0. The molecule has 120 valence electrons. The first-order valence-electron chi connectivity index (χ1n) is 8.16. The molecule has 2 rings (SSSR count). The minimum absolute atomic E-state index is 0.0102. The number of nitrogens with two attached hydrogens (primary N) is 2. The van der Waals surface area contributed by atoms with Crippen LogP contribution in [0, 0.1) is 0 Å². The SMILES string of the molecule is N[C@@H]1CCCC[C@H]1NC(=O)CC(=O)N[C@H]1CCCC[C@@H]1N. The lowest BCUT2D eigenvalue weighted by Crippen LogP contribution is -2.52. The highest BCUT2D eigenvalue weighted by Crippen LogP contribution is 2.18. The van der Waals surface area contributed by atoms with Crippen molar-refractivity contribution in [1.29, 1.82) is 0 Å². The molecule has 2 amide bonds. The van der Waals surface area contributed by atoms with Crippen LogP contribution in [-0.4, -0.2) is 36.0 Å². The highest BCUT2D eigenvalue weighted by atomic mass is 16.2. The minimum Gasteiger partial charge on any atom is -0.351 e. The molecule has 2 fully saturated rings. The topological polar surface area (TPSA) is 110 Å². The van der Waals surface area contributed by atoms with E-state index in [2.05, 4.69) is 10.6 Å². The fourth-order valence-electron chi connectivity index (χ4n) is 3.34. The van der Waals surface area contributed by atoms with Crippen molar-refractivity contribution in [3.63, 3.8) is 0 Å². The second-order valence-corrected chi connectivity index (χ2v) is 6.42. The van der Waals surface area contributed by atoms with Crippen LogP contribution in [0.2, 0.25) is 0 Å². The van der Waals surface area contributed by atoms with Gasteiger partial charge in [-0.3, -0.25) is 9.59 Å². The lowest BCUT2D eigenvalue weighted by Gasteiger charge is -2.30. The lowest BCUT2D eigenvalue weighted by atomic mass is 9.90. The van der Waals surface area contributed by atoms with E-state index in [-0.39, 0.29) is 42.4 Å². The Labute approximate surface area is 126 Å². The van der Waals surface area contributed by atoms with Crippen LogP contribution in [0.25, 0.3) is 0 Å². The van der Waals surface area contributed by atoms with Crippen LogP contribution in [-0.2, 0) is 9.59 Å². The molecule has 0 heterocycles. The van der Waals surface area contributed by atoms with Crippen molar-refractivity contribution < 1.29 is 9.59 Å². The number of carbonyl (C=O) groups excluding carboxylic acids is 2. The Morgan fingerprint density at radius 3 is 1.52 bits per heavy atom. The Balaban J connectivity index is 1.72. The molecule has 0 spiro atoms. The maximum Gasteiger partial charge on any atom is 0.229 e. The van der Waals surface area contributed by atoms with Gasteiger partial charge in [0.05, 0.1) is 0 Å². The monoisotopic (exact) mass is 296 g/mol. The van der Waals surface area contributed by atoms with E-state index >= 15 is 0 Å². The van der Waals surface area contributed by atoms with E-state index in [9.17, 15) is 9.59 Å². The minimum atomic E-state index is -0.237. The van der Waals surface area contributed by atoms with Crippen LogP contribution in [0.4, 0.5) is 0 Å². The average Bonchev–Trinajstić information content (AvgIpc) is 2.44. The Morgan fingerprint density at radius 2 is 1.14 bits per heavy atom. The summed E-state index contributed by atoms with van der Waals surface area (Å²) in [6.45, 7) is 0. The molecule has 6 nitrogen and oxygen atoms in total. The normalized spacial score (nSPS) is 33.2. The molecule has 6 N–H and O–H groups in total. The number of nitrogens with one attached hydrogen (secondary N) is 2. The molecule has 2 saturated carbocycles. The van der Waals surface area contributed by atoms with Gasteiger partial charge in [-0.05, 0) is 25.7 Å². The van der Waals surface area contributed by atoms with Crippen molar-refractivity contribution >= 4 is 11.8 Å². The van der Waals surface area contributed by atoms with E-state index in [4.69, 9.17) is 11.5 Å². The van der Waals surface area contributed by atoms with E-state index in [1.54, 1.807) is 0 Å². The third-order valence-corrected chi connectivity index (χ3v) is 4.65. The fourth-order valence-corrected chi connectivity index (χ4v) is 3.34. The fraction of sp³-hybridized carbons (Fsp3) is 0.867. The second-order valence-electron chi connectivity index (χ2n) is 6.42. The summed E-state index contributed by atoms with van der Waals surface area (Å²) in [4.78, 5) is 23.9. The highest BCUT2D eigenvalue weighted by Gasteiger charge is 2.26. The van der Waals surface area contributed by atoms with Gasteiger partial charge >= 0.3 is 0 Å². The summed E-state index contributed by atoms with van der Waals surface area (Å²) in [7, 11) is 0. The van der Waals surface area contributed by atoms with Crippen molar-refractivity contribution in [3.05, 3.63) is 0 Å². The van der Waals surface area contributed by atoms with Crippen LogP contribution in [0.15, 0.2) is 0 Å². The van der Waals surface area contributed by atoms with E-state index in [1.165, 1.54) is 0 Å². The molecule has 0 aromatic carbocycles. The summed E-state index contributed by atoms with van der Waals surface area (Å²) >= 11 is 0. The molecule has 0 unspecified atom stereocenters. The summed E-state index contributed by atoms with van der Waals surface area (Å²) in [6.07, 6.45) is 7.96. The van der Waals surface area contributed by atoms with E-state index in [0.29, 0.717) is 0 Å². The molecule has 0 bridgehead atoms. The van der Waals surface area contributed by atoms with Gasteiger partial charge < -0.3 is 22.1 Å². The third kappa shape index (κ3) is 4.97. The van der Waals surface area contributed by atoms with Crippen LogP contribution >= 0.6 is 0 Å². The largest absolute Gasteiger partial charge is 0.351 e. The smallest absolute Gasteiger partial charge is 0.229 e. The van der Waals surface area contributed by atoms with Gasteiger partial charge in [0.25, 0.3) is 0 Å². The standard InChI is InChI=1S/C15H28N4O2/c16-10-5-1-3-7-12(10)18-14(20)9-15(21)19-13-8-4-2-6-11(13)17/h10-13H,1-9,16-17H2,(H,18,20)(H,19,21)/t10-,11+,12-,13+. The Bertz CT molecular complexity index is 341. The van der Waals surface area contributed by atoms with Crippen LogP contribution in [0.3, 0.4) is 0 Å².